The van der Waals surface area contributed by atoms with Gasteiger partial charge >= 0.3 is 0 Å². The Balaban J connectivity index is 1.86. The highest BCUT2D eigenvalue weighted by Gasteiger charge is 2.14. The van der Waals surface area contributed by atoms with Crippen molar-refractivity contribution >= 4 is 23.1 Å². The van der Waals surface area contributed by atoms with Crippen molar-refractivity contribution < 1.29 is 14.3 Å². The number of aromatic nitrogens is 2. The van der Waals surface area contributed by atoms with Crippen molar-refractivity contribution in [2.24, 2.45) is 0 Å². The molecule has 29 heavy (non-hydrogen) atoms. The zero-order chi connectivity index (χ0) is 20.8. The number of para-hydroxylation sites is 2. The molecule has 1 aromatic heterocycles. The molecule has 0 atom stereocenters. The number of carbonyl (C=O) groups excluding carboxylic acids is 1. The average molecular weight is 392 g/mol. The minimum Gasteiger partial charge on any atom is -0.495 e. The summed E-state index contributed by atoms with van der Waals surface area (Å²) in [6.07, 6.45) is 0. The standard InChI is InChI=1S/C22H24N4O3/c1-5-29-20-9-7-6-8-16(20)26-22(27)18-13-21(24-15(3)23-18)25-17-12-14(2)10-11-19(17)28-4/h6-13H,5H2,1-4H3,(H,26,27)(H,23,24,25). The van der Waals surface area contributed by atoms with E-state index in [1.807, 2.05) is 44.2 Å². The van der Waals surface area contributed by atoms with Crippen LogP contribution in [-0.2, 0) is 0 Å². The summed E-state index contributed by atoms with van der Waals surface area (Å²) < 4.78 is 11.0. The molecule has 2 N–H and O–H groups in total. The molecule has 0 spiro atoms. The van der Waals surface area contributed by atoms with Crippen LogP contribution in [0.25, 0.3) is 0 Å². The zero-order valence-electron chi connectivity index (χ0n) is 16.9. The molecule has 0 saturated carbocycles. The summed E-state index contributed by atoms with van der Waals surface area (Å²) in [7, 11) is 1.61. The van der Waals surface area contributed by atoms with Crippen LogP contribution in [0.1, 0.15) is 28.8 Å². The molecule has 0 aliphatic rings. The van der Waals surface area contributed by atoms with Crippen molar-refractivity contribution in [1.82, 2.24) is 9.97 Å². The van der Waals surface area contributed by atoms with Gasteiger partial charge in [-0.2, -0.15) is 0 Å². The number of amides is 1. The second-order valence-corrected chi connectivity index (χ2v) is 6.40. The number of rotatable bonds is 7. The van der Waals surface area contributed by atoms with Crippen LogP contribution in [0.5, 0.6) is 11.5 Å². The first-order valence-corrected chi connectivity index (χ1v) is 9.30. The van der Waals surface area contributed by atoms with Gasteiger partial charge in [0.1, 0.15) is 28.8 Å². The highest BCUT2D eigenvalue weighted by Crippen LogP contribution is 2.28. The molecule has 3 aromatic rings. The SMILES string of the molecule is CCOc1ccccc1NC(=O)c1cc(Nc2cc(C)ccc2OC)nc(C)n1. The van der Waals surface area contributed by atoms with Crippen LogP contribution in [0.4, 0.5) is 17.2 Å². The molecule has 150 valence electrons. The Morgan fingerprint density at radius 2 is 1.79 bits per heavy atom. The number of hydrogen-bond acceptors (Lipinski definition) is 6. The van der Waals surface area contributed by atoms with Gasteiger partial charge in [0.2, 0.25) is 0 Å². The van der Waals surface area contributed by atoms with Gasteiger partial charge in [-0.15, -0.1) is 0 Å². The van der Waals surface area contributed by atoms with Crippen molar-refractivity contribution in [3.05, 3.63) is 65.6 Å². The number of carbonyl (C=O) groups is 1. The Bertz CT molecular complexity index is 1020. The molecule has 1 amide bonds. The van der Waals surface area contributed by atoms with Gasteiger partial charge in [-0.05, 0) is 50.6 Å². The Morgan fingerprint density at radius 1 is 1.00 bits per heavy atom. The van der Waals surface area contributed by atoms with Gasteiger partial charge < -0.3 is 20.1 Å². The predicted molar refractivity (Wildman–Crippen MR) is 113 cm³/mol. The first-order valence-electron chi connectivity index (χ1n) is 9.30. The lowest BCUT2D eigenvalue weighted by molar-refractivity contribution is 0.102. The summed E-state index contributed by atoms with van der Waals surface area (Å²) in [5.41, 5.74) is 2.67. The lowest BCUT2D eigenvalue weighted by atomic mass is 10.2. The normalized spacial score (nSPS) is 10.3. The summed E-state index contributed by atoms with van der Waals surface area (Å²) in [5.74, 6) is 1.93. The Hall–Kier alpha value is -3.61. The predicted octanol–water partition coefficient (Wildman–Crippen LogP) is 4.50. The van der Waals surface area contributed by atoms with E-state index in [4.69, 9.17) is 9.47 Å². The maximum atomic E-state index is 12.8. The molecule has 0 aliphatic carbocycles. The van der Waals surface area contributed by atoms with E-state index < -0.39 is 0 Å². The lowest BCUT2D eigenvalue weighted by Crippen LogP contribution is -2.16. The molecule has 3 rings (SSSR count). The van der Waals surface area contributed by atoms with Crippen molar-refractivity contribution in [2.75, 3.05) is 24.4 Å². The van der Waals surface area contributed by atoms with Crippen LogP contribution >= 0.6 is 0 Å². The maximum absolute atomic E-state index is 12.8. The topological polar surface area (TPSA) is 85.4 Å². The molecule has 0 unspecified atom stereocenters. The largest absolute Gasteiger partial charge is 0.495 e. The third-order valence-corrected chi connectivity index (χ3v) is 4.12. The summed E-state index contributed by atoms with van der Waals surface area (Å²) in [5, 5.41) is 6.07. The molecule has 0 fully saturated rings. The van der Waals surface area contributed by atoms with E-state index in [-0.39, 0.29) is 11.6 Å². The van der Waals surface area contributed by atoms with Crippen LogP contribution in [0, 0.1) is 13.8 Å². The smallest absolute Gasteiger partial charge is 0.274 e. The third kappa shape index (κ3) is 5.01. The van der Waals surface area contributed by atoms with E-state index in [1.165, 1.54) is 0 Å². The molecule has 1 heterocycles. The zero-order valence-corrected chi connectivity index (χ0v) is 16.9. The van der Waals surface area contributed by atoms with Crippen LogP contribution in [0.15, 0.2) is 48.5 Å². The Morgan fingerprint density at radius 3 is 2.55 bits per heavy atom. The number of benzene rings is 2. The second-order valence-electron chi connectivity index (χ2n) is 6.40. The number of ether oxygens (including phenoxy) is 2. The van der Waals surface area contributed by atoms with E-state index in [0.717, 1.165) is 11.3 Å². The van der Waals surface area contributed by atoms with Crippen molar-refractivity contribution in [3.8, 4) is 11.5 Å². The number of hydrogen-bond donors (Lipinski definition) is 2. The van der Waals surface area contributed by atoms with Crippen molar-refractivity contribution in [3.63, 3.8) is 0 Å². The number of aryl methyl sites for hydroxylation is 2. The van der Waals surface area contributed by atoms with E-state index >= 15 is 0 Å². The molecule has 0 saturated heterocycles. The number of nitrogens with zero attached hydrogens (tertiary/aromatic N) is 2. The molecule has 0 radical (unpaired) electrons. The Labute approximate surface area is 170 Å². The van der Waals surface area contributed by atoms with Gasteiger partial charge in [0, 0.05) is 6.07 Å². The van der Waals surface area contributed by atoms with Crippen LogP contribution in [0.3, 0.4) is 0 Å². The van der Waals surface area contributed by atoms with E-state index in [1.54, 1.807) is 32.2 Å². The third-order valence-electron chi connectivity index (χ3n) is 4.12. The number of methoxy groups -OCH3 is 1. The van der Waals surface area contributed by atoms with Crippen LogP contribution in [-0.4, -0.2) is 29.6 Å². The number of anilines is 3. The second kappa shape index (κ2) is 9.05. The summed E-state index contributed by atoms with van der Waals surface area (Å²) in [6.45, 7) is 6.13. The molecule has 7 nitrogen and oxygen atoms in total. The summed E-state index contributed by atoms with van der Waals surface area (Å²) in [6, 6.07) is 14.7. The quantitative estimate of drug-likeness (QED) is 0.616. The molecule has 0 bridgehead atoms. The van der Waals surface area contributed by atoms with Gasteiger partial charge in [0.15, 0.2) is 0 Å². The maximum Gasteiger partial charge on any atom is 0.274 e. The molecule has 7 heteroatoms. The average Bonchev–Trinajstić information content (AvgIpc) is 2.69. The summed E-state index contributed by atoms with van der Waals surface area (Å²) in [4.78, 5) is 21.5. The van der Waals surface area contributed by atoms with E-state index in [9.17, 15) is 4.79 Å². The van der Waals surface area contributed by atoms with Crippen molar-refractivity contribution in [1.29, 1.82) is 0 Å². The Kier molecular flexibility index (Phi) is 6.29. The highest BCUT2D eigenvalue weighted by molar-refractivity contribution is 6.04. The van der Waals surface area contributed by atoms with E-state index in [2.05, 4.69) is 20.6 Å². The molecule has 2 aromatic carbocycles. The highest BCUT2D eigenvalue weighted by atomic mass is 16.5. The minimum absolute atomic E-state index is 0.248. The fourth-order valence-corrected chi connectivity index (χ4v) is 2.84. The molecule has 0 aliphatic heterocycles. The van der Waals surface area contributed by atoms with E-state index in [0.29, 0.717) is 35.4 Å². The van der Waals surface area contributed by atoms with Crippen LogP contribution in [0.2, 0.25) is 0 Å². The van der Waals surface area contributed by atoms with Crippen molar-refractivity contribution in [2.45, 2.75) is 20.8 Å². The first-order chi connectivity index (χ1) is 14.0. The fourth-order valence-electron chi connectivity index (χ4n) is 2.84. The van der Waals surface area contributed by atoms with Gasteiger partial charge in [0.25, 0.3) is 5.91 Å². The van der Waals surface area contributed by atoms with Gasteiger partial charge in [0.05, 0.1) is 25.1 Å². The molecular formula is C22H24N4O3. The van der Waals surface area contributed by atoms with Gasteiger partial charge in [-0.3, -0.25) is 4.79 Å². The minimum atomic E-state index is -0.345. The van der Waals surface area contributed by atoms with Gasteiger partial charge in [-0.1, -0.05) is 18.2 Å². The summed E-state index contributed by atoms with van der Waals surface area (Å²) >= 11 is 0. The monoisotopic (exact) mass is 392 g/mol. The fraction of sp³-hybridized carbons (Fsp3) is 0.227. The number of nitrogens with one attached hydrogen (secondary N) is 2. The molecular weight excluding hydrogens is 368 g/mol. The first kappa shape index (κ1) is 20.1. The van der Waals surface area contributed by atoms with Crippen LogP contribution < -0.4 is 20.1 Å². The van der Waals surface area contributed by atoms with Gasteiger partial charge in [-0.25, -0.2) is 9.97 Å². The lowest BCUT2D eigenvalue weighted by Gasteiger charge is -2.13.